The number of nitro groups is 1. The van der Waals surface area contributed by atoms with Crippen LogP contribution in [0.3, 0.4) is 0 Å². The first kappa shape index (κ1) is 9.29. The molecule has 66 valence electrons. The lowest BCUT2D eigenvalue weighted by atomic mass is 10.2. The van der Waals surface area contributed by atoms with Gasteiger partial charge in [0.05, 0.1) is 9.95 Å². The number of nitrogens with zero attached hydrogens (tertiary/aromatic N) is 2. The lowest BCUT2D eigenvalue weighted by Gasteiger charge is -1.91. The van der Waals surface area contributed by atoms with Crippen molar-refractivity contribution in [2.75, 3.05) is 0 Å². The summed E-state index contributed by atoms with van der Waals surface area (Å²) in [5.74, 6) is 0. The summed E-state index contributed by atoms with van der Waals surface area (Å²) >= 11 is 5.60. The van der Waals surface area contributed by atoms with Crippen LogP contribution in [0.5, 0.6) is 0 Å². The maximum atomic E-state index is 10.3. The average Bonchev–Trinajstić information content (AvgIpc) is 2.08. The third-order valence-corrected chi connectivity index (χ3v) is 1.66. The van der Waals surface area contributed by atoms with E-state index in [2.05, 4.69) is 5.01 Å². The van der Waals surface area contributed by atoms with Crippen LogP contribution < -0.4 is 0 Å². The van der Waals surface area contributed by atoms with Gasteiger partial charge in [-0.3, -0.25) is 10.1 Å². The zero-order valence-corrected chi connectivity index (χ0v) is 6.99. The van der Waals surface area contributed by atoms with Gasteiger partial charge in [0.1, 0.15) is 5.56 Å². The number of nitro benzene ring substituents is 1. The summed E-state index contributed by atoms with van der Waals surface area (Å²) in [6.45, 7) is 0. The molecule has 1 rings (SSSR count). The van der Waals surface area contributed by atoms with Crippen molar-refractivity contribution >= 4 is 17.3 Å². The predicted molar refractivity (Wildman–Crippen MR) is 47.8 cm³/mol. The normalized spacial score (nSPS) is 8.69. The Morgan fingerprint density at radius 2 is 2.23 bits per heavy atom. The fraction of sp³-hybridized carbons (Fsp3) is 0. The fourth-order valence-electron chi connectivity index (χ4n) is 0.762. The van der Waals surface area contributed by atoms with E-state index in [1.54, 1.807) is 0 Å². The van der Waals surface area contributed by atoms with Gasteiger partial charge in [-0.25, -0.2) is 0 Å². The zero-order chi connectivity index (χ0) is 9.84. The molecule has 1 aromatic rings. The van der Waals surface area contributed by atoms with Crippen molar-refractivity contribution in [3.63, 3.8) is 0 Å². The molecular weight excluding hydrogens is 196 g/mol. The number of hydrogen-bond donors (Lipinski definition) is 0. The van der Waals surface area contributed by atoms with Crippen molar-refractivity contribution < 1.29 is 4.92 Å². The second-order valence-corrected chi connectivity index (χ2v) is 2.53. The molecule has 0 aliphatic heterocycles. The average molecular weight is 199 g/mol. The van der Waals surface area contributed by atoms with E-state index in [1.807, 2.05) is 6.07 Å². The smallest absolute Gasteiger partial charge is 0.338 e. The molecule has 0 aromatic heterocycles. The van der Waals surface area contributed by atoms with Gasteiger partial charge in [0, 0.05) is 17.1 Å². The van der Waals surface area contributed by atoms with E-state index in [-0.39, 0.29) is 16.3 Å². The maximum Gasteiger partial charge on any atom is 0.338 e. The monoisotopic (exact) mass is 198 g/mol. The molecule has 0 atom stereocenters. The van der Waals surface area contributed by atoms with E-state index in [9.17, 15) is 15.3 Å². The largest absolute Gasteiger partial charge is 0.498 e. The molecule has 0 aliphatic rings. The summed E-state index contributed by atoms with van der Waals surface area (Å²) in [5, 5.41) is 22.7. The molecule has 0 aliphatic carbocycles. The second kappa shape index (κ2) is 3.74. The topological polar surface area (TPSA) is 70.6 Å². The molecule has 0 spiro atoms. The lowest BCUT2D eigenvalue weighted by molar-refractivity contribution is -0.384. The lowest BCUT2D eigenvalue weighted by Crippen LogP contribution is -1.88. The third-order valence-electron chi connectivity index (χ3n) is 1.33. The Morgan fingerprint density at radius 3 is 2.77 bits per heavy atom. The van der Waals surface area contributed by atoms with Crippen molar-refractivity contribution in [1.82, 2.24) is 0 Å². The van der Waals surface area contributed by atoms with Gasteiger partial charge >= 0.3 is 6.07 Å². The highest BCUT2D eigenvalue weighted by atomic mass is 35.5. The van der Waals surface area contributed by atoms with E-state index in [0.717, 1.165) is 6.07 Å². The van der Waals surface area contributed by atoms with Crippen LogP contribution in [0.25, 0.3) is 5.01 Å². The van der Waals surface area contributed by atoms with Gasteiger partial charge in [0.15, 0.2) is 0 Å². The second-order valence-electron chi connectivity index (χ2n) is 2.12. The molecule has 0 heterocycles. The maximum absolute atomic E-state index is 10.3. The highest BCUT2D eigenvalue weighted by molar-refractivity contribution is 6.31. The van der Waals surface area contributed by atoms with Crippen LogP contribution in [0.4, 0.5) is 5.69 Å². The van der Waals surface area contributed by atoms with E-state index >= 15 is 0 Å². The minimum Gasteiger partial charge on any atom is -0.498 e. The molecule has 0 unspecified atom stereocenters. The first-order valence-corrected chi connectivity index (χ1v) is 3.55. The first-order chi connectivity index (χ1) is 6.15. The Labute approximate surface area is 78.1 Å². The Balaban J connectivity index is 3.24. The minimum atomic E-state index is -0.591. The van der Waals surface area contributed by atoms with Gasteiger partial charge in [-0.1, -0.05) is 11.6 Å². The van der Waals surface area contributed by atoms with Crippen LogP contribution >= 0.6 is 11.6 Å². The van der Waals surface area contributed by atoms with Gasteiger partial charge in [0.2, 0.25) is 0 Å². The molecule has 0 amide bonds. The molecule has 0 N–H and O–H groups in total. The quantitative estimate of drug-likeness (QED) is 0.514. The predicted octanol–water partition coefficient (Wildman–Crippen LogP) is 2.43. The molecule has 1 aromatic carbocycles. The van der Waals surface area contributed by atoms with Crippen molar-refractivity contribution in [1.29, 1.82) is 0 Å². The van der Waals surface area contributed by atoms with Crippen molar-refractivity contribution in [2.45, 2.75) is 0 Å². The van der Waals surface area contributed by atoms with Crippen LogP contribution in [0, 0.1) is 21.4 Å². The Kier molecular flexibility index (Phi) is 2.67. The number of hydrogen-bond acceptors (Lipinski definition) is 3. The first-order valence-electron chi connectivity index (χ1n) is 3.17. The summed E-state index contributed by atoms with van der Waals surface area (Å²) in [7, 11) is 0. The standard InChI is InChI=1S/C7H3ClN2O3/c8-7-2-1-6(10(12)13)3-5(7)4-9-11/h1-3H. The number of non-ortho nitro benzene ring substituents is 1. The highest BCUT2D eigenvalue weighted by Crippen LogP contribution is 2.20. The molecule has 13 heavy (non-hydrogen) atoms. The van der Waals surface area contributed by atoms with Crippen LogP contribution in [0.15, 0.2) is 18.2 Å². The van der Waals surface area contributed by atoms with E-state index in [1.165, 1.54) is 12.1 Å². The summed E-state index contributed by atoms with van der Waals surface area (Å²) < 4.78 is 0. The van der Waals surface area contributed by atoms with Crippen LogP contribution in [0.1, 0.15) is 5.56 Å². The molecule has 0 saturated heterocycles. The number of rotatable bonds is 1. The summed E-state index contributed by atoms with van der Waals surface area (Å²) in [6, 6.07) is 5.68. The molecule has 6 heteroatoms. The van der Waals surface area contributed by atoms with E-state index in [4.69, 9.17) is 11.6 Å². The molecule has 0 fully saturated rings. The van der Waals surface area contributed by atoms with Crippen molar-refractivity contribution in [3.8, 4) is 6.07 Å². The number of halogens is 1. The Bertz CT molecular complexity index is 408. The Hall–Kier alpha value is -1.80. The van der Waals surface area contributed by atoms with Gasteiger partial charge < -0.3 is 5.21 Å². The van der Waals surface area contributed by atoms with Gasteiger partial charge in [-0.05, 0) is 6.07 Å². The zero-order valence-electron chi connectivity index (χ0n) is 6.23. The van der Waals surface area contributed by atoms with Gasteiger partial charge in [0.25, 0.3) is 5.69 Å². The summed E-state index contributed by atoms with van der Waals surface area (Å²) in [6.07, 6.45) is 0. The molecular formula is C7H3ClN2O3. The van der Waals surface area contributed by atoms with E-state index < -0.39 is 4.92 Å². The molecule has 0 bridgehead atoms. The van der Waals surface area contributed by atoms with Crippen LogP contribution in [-0.4, -0.2) is 4.92 Å². The fourth-order valence-corrected chi connectivity index (χ4v) is 0.921. The molecule has 0 radical (unpaired) electrons. The van der Waals surface area contributed by atoms with Crippen molar-refractivity contribution in [3.05, 3.63) is 49.1 Å². The van der Waals surface area contributed by atoms with Crippen LogP contribution in [-0.2, 0) is 0 Å². The summed E-state index contributed by atoms with van der Waals surface area (Å²) in [4.78, 5) is 9.70. The highest BCUT2D eigenvalue weighted by Gasteiger charge is 2.10. The van der Waals surface area contributed by atoms with Gasteiger partial charge in [-0.2, -0.15) is 0 Å². The summed E-state index contributed by atoms with van der Waals surface area (Å²) in [5.41, 5.74) is -0.0404. The molecule has 0 saturated carbocycles. The van der Waals surface area contributed by atoms with Gasteiger partial charge in [-0.15, -0.1) is 0 Å². The number of benzene rings is 1. The molecule has 5 nitrogen and oxygen atoms in total. The third kappa shape index (κ3) is 2.07. The van der Waals surface area contributed by atoms with Crippen LogP contribution in [0.2, 0.25) is 5.02 Å². The Morgan fingerprint density at radius 1 is 1.54 bits per heavy atom. The van der Waals surface area contributed by atoms with Crippen molar-refractivity contribution in [2.24, 2.45) is 0 Å². The van der Waals surface area contributed by atoms with E-state index in [0.29, 0.717) is 0 Å². The SMILES string of the molecule is O=[N+]([O-])c1ccc(Cl)c(C#[N+][O-])c1. The minimum absolute atomic E-state index is 0.117.